The summed E-state index contributed by atoms with van der Waals surface area (Å²) < 4.78 is 8.45. The number of hydrogen-bond acceptors (Lipinski definition) is 5. The van der Waals surface area contributed by atoms with Gasteiger partial charge in [-0.05, 0) is 42.3 Å². The zero-order valence-electron chi connectivity index (χ0n) is 16.9. The number of rotatable bonds is 3. The molecule has 158 valence electrons. The number of ether oxygens (including phenoxy) is 1. The van der Waals surface area contributed by atoms with Crippen molar-refractivity contribution in [3.63, 3.8) is 0 Å². The number of halogens is 1. The number of fused-ring (bicyclic) bond motifs is 3. The molecule has 31 heavy (non-hydrogen) atoms. The minimum atomic E-state index is -0.304. The van der Waals surface area contributed by atoms with Crippen LogP contribution < -0.4 is 5.56 Å². The predicted molar refractivity (Wildman–Crippen MR) is 117 cm³/mol. The SMILES string of the molecule is Cc1ccc2c(c1)n(Cc1ccc(Cl)cc1)c(=O)c1nc(C(=O)N3CCOCC3)nn12. The van der Waals surface area contributed by atoms with Crippen molar-refractivity contribution in [1.29, 1.82) is 0 Å². The highest BCUT2D eigenvalue weighted by molar-refractivity contribution is 6.30. The first kappa shape index (κ1) is 19.7. The standard InChI is InChI=1S/C22H20ClN5O3/c1-14-2-7-17-18(12-14)27(13-15-3-5-16(23)6-4-15)22(30)20-24-19(25-28(17)20)21(29)26-8-10-31-11-9-26/h2-7,12H,8-11,13H2,1H3. The van der Waals surface area contributed by atoms with Crippen LogP contribution in [0, 0.1) is 6.92 Å². The van der Waals surface area contributed by atoms with Crippen LogP contribution in [0.5, 0.6) is 0 Å². The van der Waals surface area contributed by atoms with E-state index in [9.17, 15) is 9.59 Å². The molecule has 1 aliphatic heterocycles. The van der Waals surface area contributed by atoms with Crippen molar-refractivity contribution in [1.82, 2.24) is 24.1 Å². The Morgan fingerprint density at radius 2 is 1.84 bits per heavy atom. The van der Waals surface area contributed by atoms with Gasteiger partial charge in [-0.2, -0.15) is 4.98 Å². The Hall–Kier alpha value is -3.23. The summed E-state index contributed by atoms with van der Waals surface area (Å²) >= 11 is 6.00. The Bertz CT molecular complexity index is 1350. The molecule has 0 spiro atoms. The number of morpholine rings is 1. The lowest BCUT2D eigenvalue weighted by molar-refractivity contribution is 0.0295. The smallest absolute Gasteiger partial charge is 0.296 e. The largest absolute Gasteiger partial charge is 0.378 e. The Balaban J connectivity index is 1.68. The summed E-state index contributed by atoms with van der Waals surface area (Å²) in [6.07, 6.45) is 0. The van der Waals surface area contributed by atoms with Gasteiger partial charge in [0.05, 0.1) is 30.8 Å². The summed E-state index contributed by atoms with van der Waals surface area (Å²) in [6.45, 7) is 4.25. The summed E-state index contributed by atoms with van der Waals surface area (Å²) in [5.74, 6) is -0.277. The van der Waals surface area contributed by atoms with E-state index in [-0.39, 0.29) is 22.9 Å². The predicted octanol–water partition coefficient (Wildman–Crippen LogP) is 2.53. The van der Waals surface area contributed by atoms with Gasteiger partial charge in [0.1, 0.15) is 0 Å². The van der Waals surface area contributed by atoms with Gasteiger partial charge in [0.25, 0.3) is 11.5 Å². The molecule has 1 saturated heterocycles. The lowest BCUT2D eigenvalue weighted by atomic mass is 10.2. The fourth-order valence-electron chi connectivity index (χ4n) is 3.81. The number of nitrogens with zero attached hydrogens (tertiary/aromatic N) is 5. The van der Waals surface area contributed by atoms with Crippen LogP contribution in [-0.2, 0) is 11.3 Å². The maximum atomic E-state index is 13.4. The topological polar surface area (TPSA) is 81.7 Å². The molecule has 1 amide bonds. The van der Waals surface area contributed by atoms with Crippen molar-refractivity contribution in [3.8, 4) is 0 Å². The molecule has 1 aliphatic rings. The monoisotopic (exact) mass is 437 g/mol. The van der Waals surface area contributed by atoms with Crippen LogP contribution in [0.4, 0.5) is 0 Å². The van der Waals surface area contributed by atoms with E-state index >= 15 is 0 Å². The first-order valence-corrected chi connectivity index (χ1v) is 10.4. The van der Waals surface area contributed by atoms with Crippen molar-refractivity contribution in [2.24, 2.45) is 0 Å². The van der Waals surface area contributed by atoms with Crippen molar-refractivity contribution in [2.45, 2.75) is 13.5 Å². The van der Waals surface area contributed by atoms with Crippen LogP contribution in [0.1, 0.15) is 21.7 Å². The van der Waals surface area contributed by atoms with Crippen LogP contribution in [0.15, 0.2) is 47.3 Å². The van der Waals surface area contributed by atoms with Crippen LogP contribution in [0.2, 0.25) is 5.02 Å². The number of carbonyl (C=O) groups is 1. The minimum Gasteiger partial charge on any atom is -0.378 e. The molecule has 2 aromatic carbocycles. The van der Waals surface area contributed by atoms with Gasteiger partial charge < -0.3 is 9.64 Å². The van der Waals surface area contributed by atoms with E-state index in [2.05, 4.69) is 10.1 Å². The maximum Gasteiger partial charge on any atom is 0.296 e. The molecular weight excluding hydrogens is 418 g/mol. The highest BCUT2D eigenvalue weighted by Gasteiger charge is 2.24. The van der Waals surface area contributed by atoms with Crippen LogP contribution in [0.3, 0.4) is 0 Å². The second-order valence-corrected chi connectivity index (χ2v) is 8.02. The average molecular weight is 438 g/mol. The number of carbonyl (C=O) groups excluding carboxylic acids is 1. The molecule has 2 aromatic heterocycles. The van der Waals surface area contributed by atoms with E-state index < -0.39 is 0 Å². The third-order valence-electron chi connectivity index (χ3n) is 5.44. The second-order valence-electron chi connectivity index (χ2n) is 7.59. The van der Waals surface area contributed by atoms with Gasteiger partial charge in [-0.1, -0.05) is 29.8 Å². The first-order chi connectivity index (χ1) is 15.0. The van der Waals surface area contributed by atoms with Gasteiger partial charge in [0, 0.05) is 18.1 Å². The summed E-state index contributed by atoms with van der Waals surface area (Å²) in [7, 11) is 0. The zero-order chi connectivity index (χ0) is 21.5. The maximum absolute atomic E-state index is 13.4. The molecule has 3 heterocycles. The number of amides is 1. The van der Waals surface area contributed by atoms with Gasteiger partial charge in [-0.25, -0.2) is 4.52 Å². The number of aromatic nitrogens is 4. The Kier molecular flexibility index (Phi) is 4.95. The third-order valence-corrected chi connectivity index (χ3v) is 5.69. The van der Waals surface area contributed by atoms with Crippen molar-refractivity contribution >= 4 is 34.2 Å². The van der Waals surface area contributed by atoms with E-state index in [1.807, 2.05) is 37.3 Å². The fraction of sp³-hybridized carbons (Fsp3) is 0.273. The third kappa shape index (κ3) is 3.58. The van der Waals surface area contributed by atoms with E-state index in [1.54, 1.807) is 21.6 Å². The van der Waals surface area contributed by atoms with Gasteiger partial charge in [0.15, 0.2) is 0 Å². The van der Waals surface area contributed by atoms with Gasteiger partial charge in [-0.15, -0.1) is 5.10 Å². The minimum absolute atomic E-state index is 0.0186. The summed E-state index contributed by atoms with van der Waals surface area (Å²) in [5, 5.41) is 5.04. The molecule has 9 heteroatoms. The van der Waals surface area contributed by atoms with E-state index in [4.69, 9.17) is 16.3 Å². The lowest BCUT2D eigenvalue weighted by Crippen LogP contribution is -2.41. The Labute approximate surface area is 182 Å². The van der Waals surface area contributed by atoms with E-state index in [0.717, 1.165) is 16.6 Å². The molecule has 0 radical (unpaired) electrons. The number of aryl methyl sites for hydroxylation is 1. The molecule has 5 rings (SSSR count). The average Bonchev–Trinajstić information content (AvgIpc) is 3.24. The normalized spacial score (nSPS) is 14.5. The molecule has 0 bridgehead atoms. The highest BCUT2D eigenvalue weighted by Crippen LogP contribution is 2.18. The molecule has 0 atom stereocenters. The molecule has 4 aromatic rings. The van der Waals surface area contributed by atoms with Crippen molar-refractivity contribution in [2.75, 3.05) is 26.3 Å². The zero-order valence-corrected chi connectivity index (χ0v) is 17.7. The molecule has 0 unspecified atom stereocenters. The van der Waals surface area contributed by atoms with Crippen LogP contribution in [0.25, 0.3) is 16.7 Å². The molecule has 0 saturated carbocycles. The molecule has 8 nitrogen and oxygen atoms in total. The van der Waals surface area contributed by atoms with Crippen molar-refractivity contribution < 1.29 is 9.53 Å². The quantitative estimate of drug-likeness (QED) is 0.492. The van der Waals surface area contributed by atoms with Crippen molar-refractivity contribution in [3.05, 3.63) is 74.8 Å². The fourth-order valence-corrected chi connectivity index (χ4v) is 3.93. The summed E-state index contributed by atoms with van der Waals surface area (Å²) in [5.41, 5.74) is 3.21. The molecule has 0 N–H and O–H groups in total. The first-order valence-electron chi connectivity index (χ1n) is 10.0. The Morgan fingerprint density at radius 1 is 1.10 bits per heavy atom. The number of benzene rings is 2. The summed E-state index contributed by atoms with van der Waals surface area (Å²) in [4.78, 5) is 32.3. The molecule has 0 aliphatic carbocycles. The van der Waals surface area contributed by atoms with Gasteiger partial charge in [0.2, 0.25) is 11.5 Å². The Morgan fingerprint density at radius 3 is 2.58 bits per heavy atom. The van der Waals surface area contributed by atoms with Crippen LogP contribution >= 0.6 is 11.6 Å². The van der Waals surface area contributed by atoms with E-state index in [0.29, 0.717) is 43.4 Å². The number of hydrogen-bond donors (Lipinski definition) is 0. The summed E-state index contributed by atoms with van der Waals surface area (Å²) in [6, 6.07) is 13.2. The van der Waals surface area contributed by atoms with E-state index in [1.165, 1.54) is 4.52 Å². The molecular formula is C22H20ClN5O3. The van der Waals surface area contributed by atoms with Crippen LogP contribution in [-0.4, -0.2) is 56.3 Å². The molecule has 1 fully saturated rings. The van der Waals surface area contributed by atoms with Gasteiger partial charge >= 0.3 is 0 Å². The highest BCUT2D eigenvalue weighted by atomic mass is 35.5. The second kappa shape index (κ2) is 7.79. The van der Waals surface area contributed by atoms with Gasteiger partial charge in [-0.3, -0.25) is 14.2 Å². The lowest BCUT2D eigenvalue weighted by Gasteiger charge is -2.25.